The van der Waals surface area contributed by atoms with Gasteiger partial charge in [0.2, 0.25) is 5.66 Å². The quantitative estimate of drug-likeness (QED) is 0.810. The lowest BCUT2D eigenvalue weighted by Crippen LogP contribution is -2.62. The fraction of sp³-hybridized carbons (Fsp3) is 0.211. The van der Waals surface area contributed by atoms with Crippen LogP contribution in [0, 0.1) is 0 Å². The minimum absolute atomic E-state index is 0.209. The molecule has 2 aromatic carbocycles. The number of benzene rings is 2. The lowest BCUT2D eigenvalue weighted by atomic mass is 9.94. The van der Waals surface area contributed by atoms with E-state index >= 15 is 0 Å². The van der Waals surface area contributed by atoms with Crippen LogP contribution >= 0.6 is 0 Å². The number of nitrogens with one attached hydrogen (secondary N) is 2. The monoisotopic (exact) mass is 366 g/mol. The molecule has 0 aromatic heterocycles. The number of rotatable bonds is 4. The Hall–Kier alpha value is -3.39. The second-order valence-electron chi connectivity index (χ2n) is 6.37. The van der Waals surface area contributed by atoms with Crippen molar-refractivity contribution in [1.29, 1.82) is 0 Å². The Morgan fingerprint density at radius 2 is 1.67 bits per heavy atom. The van der Waals surface area contributed by atoms with Gasteiger partial charge in [0.05, 0.1) is 12.3 Å². The molecule has 4 rings (SSSR count). The molecule has 0 bridgehead atoms. The molecule has 27 heavy (non-hydrogen) atoms. The van der Waals surface area contributed by atoms with E-state index in [1.54, 1.807) is 24.3 Å². The topological polar surface area (TPSA) is 91.0 Å². The summed E-state index contributed by atoms with van der Waals surface area (Å²) < 4.78 is 5.55. The maximum absolute atomic E-state index is 13.2. The lowest BCUT2D eigenvalue weighted by Gasteiger charge is -2.41. The maximum Gasteiger partial charge on any atom is 0.328 e. The summed E-state index contributed by atoms with van der Waals surface area (Å²) in [5.41, 5.74) is 0.350. The molecule has 138 valence electrons. The number of carbonyl (C=O) groups is 3. The summed E-state index contributed by atoms with van der Waals surface area (Å²) in [6.07, 6.45) is 0. The number of imide groups is 1. The van der Waals surface area contributed by atoms with Crippen molar-refractivity contribution in [3.05, 3.63) is 65.7 Å². The molecule has 1 spiro atoms. The van der Waals surface area contributed by atoms with Gasteiger partial charge in [-0.2, -0.15) is 0 Å². The van der Waals surface area contributed by atoms with Crippen LogP contribution in [0.3, 0.4) is 0 Å². The number of hydrogen-bond acceptors (Lipinski definition) is 4. The van der Waals surface area contributed by atoms with Gasteiger partial charge in [0.15, 0.2) is 0 Å². The number of ether oxygens (including phenoxy) is 1. The molecule has 1 saturated heterocycles. The van der Waals surface area contributed by atoms with E-state index in [1.165, 1.54) is 11.9 Å². The molecule has 5 amide bonds. The van der Waals surface area contributed by atoms with Crippen molar-refractivity contribution < 1.29 is 19.1 Å². The molecule has 2 aromatic rings. The SMILES string of the molecule is CN1C(=O)Nc2ccccc2C12NC(=O)N(COCc1ccccc1)C2=O. The normalized spacial score (nSPS) is 21.3. The first-order valence-electron chi connectivity index (χ1n) is 8.44. The van der Waals surface area contributed by atoms with Crippen LogP contribution in [0.15, 0.2) is 54.6 Å². The van der Waals surface area contributed by atoms with Gasteiger partial charge >= 0.3 is 12.1 Å². The molecule has 2 N–H and O–H groups in total. The molecule has 0 aliphatic carbocycles. The van der Waals surface area contributed by atoms with Gasteiger partial charge in [-0.1, -0.05) is 48.5 Å². The van der Waals surface area contributed by atoms with E-state index in [9.17, 15) is 14.4 Å². The highest BCUT2D eigenvalue weighted by atomic mass is 16.5. The second-order valence-corrected chi connectivity index (χ2v) is 6.37. The van der Waals surface area contributed by atoms with E-state index in [0.29, 0.717) is 11.3 Å². The highest BCUT2D eigenvalue weighted by molar-refractivity contribution is 6.11. The third-order valence-electron chi connectivity index (χ3n) is 4.79. The minimum atomic E-state index is -1.58. The molecule has 1 atom stereocenters. The molecular formula is C19H18N4O4. The standard InChI is InChI=1S/C19H18N4O4/c1-22-17(25)20-15-10-6-5-9-14(15)19(22)16(24)23(18(26)21-19)12-27-11-13-7-3-2-4-8-13/h2-10H,11-12H2,1H3,(H,20,25)(H,21,26). The van der Waals surface area contributed by atoms with Crippen molar-refractivity contribution in [2.45, 2.75) is 12.3 Å². The van der Waals surface area contributed by atoms with Gasteiger partial charge in [-0.25, -0.2) is 14.5 Å². The largest absolute Gasteiger partial charge is 0.356 e. The zero-order chi connectivity index (χ0) is 19.0. The first-order chi connectivity index (χ1) is 13.0. The van der Waals surface area contributed by atoms with Crippen molar-refractivity contribution in [3.8, 4) is 0 Å². The van der Waals surface area contributed by atoms with Crippen molar-refractivity contribution in [3.63, 3.8) is 0 Å². The zero-order valence-electron chi connectivity index (χ0n) is 14.6. The van der Waals surface area contributed by atoms with Crippen LogP contribution in [0.5, 0.6) is 0 Å². The summed E-state index contributed by atoms with van der Waals surface area (Å²) >= 11 is 0. The molecule has 1 fully saturated rings. The van der Waals surface area contributed by atoms with Crippen molar-refractivity contribution in [2.75, 3.05) is 19.1 Å². The van der Waals surface area contributed by atoms with E-state index in [-0.39, 0.29) is 13.3 Å². The summed E-state index contributed by atoms with van der Waals surface area (Å²) in [6, 6.07) is 15.3. The van der Waals surface area contributed by atoms with Crippen molar-refractivity contribution in [1.82, 2.24) is 15.1 Å². The highest BCUT2D eigenvalue weighted by Crippen LogP contribution is 2.39. The molecular weight excluding hydrogens is 348 g/mol. The summed E-state index contributed by atoms with van der Waals surface area (Å²) in [4.78, 5) is 40.2. The molecule has 0 saturated carbocycles. The van der Waals surface area contributed by atoms with Gasteiger partial charge in [-0.05, 0) is 11.6 Å². The maximum atomic E-state index is 13.2. The minimum Gasteiger partial charge on any atom is -0.356 e. The molecule has 2 heterocycles. The van der Waals surface area contributed by atoms with E-state index in [4.69, 9.17) is 4.74 Å². The smallest absolute Gasteiger partial charge is 0.328 e. The van der Waals surface area contributed by atoms with Gasteiger partial charge in [0.1, 0.15) is 6.73 Å². The fourth-order valence-corrected chi connectivity index (χ4v) is 3.36. The number of nitrogens with zero attached hydrogens (tertiary/aromatic N) is 2. The highest BCUT2D eigenvalue weighted by Gasteiger charge is 2.59. The van der Waals surface area contributed by atoms with E-state index in [1.807, 2.05) is 30.3 Å². The van der Waals surface area contributed by atoms with Crippen molar-refractivity contribution >= 4 is 23.7 Å². The Kier molecular flexibility index (Phi) is 4.04. The van der Waals surface area contributed by atoms with Crippen LogP contribution in [0.2, 0.25) is 0 Å². The Balaban J connectivity index is 1.59. The molecule has 8 heteroatoms. The zero-order valence-corrected chi connectivity index (χ0v) is 14.6. The summed E-state index contributed by atoms with van der Waals surface area (Å²) in [5.74, 6) is -0.551. The Bertz CT molecular complexity index is 917. The summed E-state index contributed by atoms with van der Waals surface area (Å²) in [5, 5.41) is 5.39. The average molecular weight is 366 g/mol. The van der Waals surface area contributed by atoms with Crippen LogP contribution in [0.1, 0.15) is 11.1 Å². The van der Waals surface area contributed by atoms with Gasteiger partial charge in [0, 0.05) is 12.6 Å². The van der Waals surface area contributed by atoms with E-state index in [0.717, 1.165) is 10.5 Å². The number of anilines is 1. The number of fused-ring (bicyclic) bond motifs is 2. The second kappa shape index (κ2) is 6.40. The Labute approximate surface area is 155 Å². The van der Waals surface area contributed by atoms with Crippen molar-refractivity contribution in [2.24, 2.45) is 0 Å². The van der Waals surface area contributed by atoms with E-state index < -0.39 is 23.6 Å². The third kappa shape index (κ3) is 2.61. The van der Waals surface area contributed by atoms with Crippen LogP contribution < -0.4 is 10.6 Å². The molecule has 1 unspecified atom stereocenters. The number of amides is 5. The number of para-hydroxylation sites is 1. The number of hydrogen-bond donors (Lipinski definition) is 2. The van der Waals surface area contributed by atoms with Gasteiger partial charge in [0.25, 0.3) is 5.91 Å². The van der Waals surface area contributed by atoms with Crippen LogP contribution in [0.4, 0.5) is 15.3 Å². The molecule has 2 aliphatic rings. The lowest BCUT2D eigenvalue weighted by molar-refractivity contribution is -0.140. The predicted molar refractivity (Wildman–Crippen MR) is 96.4 cm³/mol. The molecule has 8 nitrogen and oxygen atoms in total. The first kappa shape index (κ1) is 17.0. The fourth-order valence-electron chi connectivity index (χ4n) is 3.36. The molecule has 2 aliphatic heterocycles. The molecule has 0 radical (unpaired) electrons. The number of likely N-dealkylation sites (N-methyl/N-ethyl adjacent to an activating group) is 1. The van der Waals surface area contributed by atoms with Crippen LogP contribution in [-0.4, -0.2) is 41.5 Å². The first-order valence-corrected chi connectivity index (χ1v) is 8.44. The summed E-state index contributed by atoms with van der Waals surface area (Å²) in [6.45, 7) is 0.0523. The number of carbonyl (C=O) groups excluding carboxylic acids is 3. The summed E-state index contributed by atoms with van der Waals surface area (Å²) in [7, 11) is 1.47. The van der Waals surface area contributed by atoms with Gasteiger partial charge in [-0.15, -0.1) is 0 Å². The third-order valence-corrected chi connectivity index (χ3v) is 4.79. The number of urea groups is 2. The Morgan fingerprint density at radius 1 is 0.963 bits per heavy atom. The Morgan fingerprint density at radius 3 is 2.44 bits per heavy atom. The predicted octanol–water partition coefficient (Wildman–Crippen LogP) is 2.04. The van der Waals surface area contributed by atoms with E-state index in [2.05, 4.69) is 10.6 Å². The van der Waals surface area contributed by atoms with Crippen LogP contribution in [0.25, 0.3) is 0 Å². The van der Waals surface area contributed by atoms with Gasteiger partial charge in [-0.3, -0.25) is 9.69 Å². The van der Waals surface area contributed by atoms with Gasteiger partial charge < -0.3 is 15.4 Å². The van der Waals surface area contributed by atoms with Crippen LogP contribution in [-0.2, 0) is 21.8 Å². The average Bonchev–Trinajstić information content (AvgIpc) is 2.93.